The number of carbonyl (C=O) groups excluding carboxylic acids is 1. The SMILES string of the molecule is CC1SC(c2cccc(C(F)(F)F)c2)N(CCN(C(C)C)S(=O)(=O)c2cccc3cccnc23)C1=O. The summed E-state index contributed by atoms with van der Waals surface area (Å²) in [5, 5.41) is -0.423. The van der Waals surface area contributed by atoms with Crippen LogP contribution in [0.1, 0.15) is 37.3 Å². The normalized spacial score (nSPS) is 19.1. The Hall–Kier alpha value is -2.63. The highest BCUT2D eigenvalue weighted by molar-refractivity contribution is 8.01. The van der Waals surface area contributed by atoms with E-state index in [4.69, 9.17) is 0 Å². The number of pyridine rings is 1. The lowest BCUT2D eigenvalue weighted by Gasteiger charge is -2.30. The molecule has 0 aliphatic carbocycles. The zero-order valence-electron chi connectivity index (χ0n) is 19.9. The Balaban J connectivity index is 1.63. The summed E-state index contributed by atoms with van der Waals surface area (Å²) < 4.78 is 68.6. The topological polar surface area (TPSA) is 70.6 Å². The van der Waals surface area contributed by atoms with Crippen molar-refractivity contribution in [2.45, 2.75) is 48.5 Å². The van der Waals surface area contributed by atoms with Crippen molar-refractivity contribution in [1.82, 2.24) is 14.2 Å². The molecule has 3 aromatic rings. The van der Waals surface area contributed by atoms with Gasteiger partial charge in [-0.25, -0.2) is 8.42 Å². The van der Waals surface area contributed by atoms with Gasteiger partial charge in [0.2, 0.25) is 15.9 Å². The highest BCUT2D eigenvalue weighted by Gasteiger charge is 2.40. The number of hydrogen-bond donors (Lipinski definition) is 0. The van der Waals surface area contributed by atoms with Crippen molar-refractivity contribution in [1.29, 1.82) is 0 Å². The summed E-state index contributed by atoms with van der Waals surface area (Å²) in [5.74, 6) is -0.240. The number of carbonyl (C=O) groups is 1. The van der Waals surface area contributed by atoms with Crippen LogP contribution in [0.15, 0.2) is 65.7 Å². The molecule has 0 spiro atoms. The van der Waals surface area contributed by atoms with E-state index in [0.717, 1.165) is 12.1 Å². The van der Waals surface area contributed by atoms with Crippen LogP contribution in [0, 0.1) is 0 Å². The Morgan fingerprint density at radius 1 is 1.11 bits per heavy atom. The van der Waals surface area contributed by atoms with Gasteiger partial charge in [-0.1, -0.05) is 30.3 Å². The number of sulfonamides is 1. The average molecular weight is 538 g/mol. The molecule has 192 valence electrons. The first-order chi connectivity index (χ1) is 16.9. The minimum Gasteiger partial charge on any atom is -0.324 e. The standard InChI is InChI=1S/C25H26F3N3O3S2/c1-16(2)31(36(33,34)21-11-5-7-18-9-6-12-29-22(18)21)14-13-30-23(32)17(3)35-24(30)19-8-4-10-20(15-19)25(26,27)28/h4-12,15-17,24H,13-14H2,1-3H3. The molecule has 6 nitrogen and oxygen atoms in total. The largest absolute Gasteiger partial charge is 0.416 e. The van der Waals surface area contributed by atoms with Crippen molar-refractivity contribution >= 4 is 38.6 Å². The monoisotopic (exact) mass is 537 g/mol. The summed E-state index contributed by atoms with van der Waals surface area (Å²) >= 11 is 1.25. The number of fused-ring (bicyclic) bond motifs is 1. The van der Waals surface area contributed by atoms with Gasteiger partial charge in [0, 0.05) is 30.7 Å². The molecule has 1 saturated heterocycles. The maximum absolute atomic E-state index is 13.7. The molecule has 2 atom stereocenters. The molecule has 1 aromatic heterocycles. The molecule has 11 heteroatoms. The molecule has 2 aromatic carbocycles. The summed E-state index contributed by atoms with van der Waals surface area (Å²) in [4.78, 5) is 18.8. The van der Waals surface area contributed by atoms with Gasteiger partial charge in [0.25, 0.3) is 0 Å². The van der Waals surface area contributed by atoms with Gasteiger partial charge < -0.3 is 4.90 Å². The van der Waals surface area contributed by atoms with Gasteiger partial charge >= 0.3 is 6.18 Å². The van der Waals surface area contributed by atoms with E-state index in [-0.39, 0.29) is 23.9 Å². The molecular weight excluding hydrogens is 511 g/mol. The van der Waals surface area contributed by atoms with Gasteiger partial charge in [0.05, 0.1) is 16.3 Å². The number of amides is 1. The molecule has 1 amide bonds. The number of thioether (sulfide) groups is 1. The molecule has 4 rings (SSSR count). The van der Waals surface area contributed by atoms with E-state index in [1.54, 1.807) is 51.1 Å². The van der Waals surface area contributed by atoms with E-state index in [1.165, 1.54) is 39.3 Å². The van der Waals surface area contributed by atoms with Crippen molar-refractivity contribution in [2.24, 2.45) is 0 Å². The minimum absolute atomic E-state index is 0.0162. The molecule has 36 heavy (non-hydrogen) atoms. The van der Waals surface area contributed by atoms with Crippen molar-refractivity contribution in [3.8, 4) is 0 Å². The van der Waals surface area contributed by atoms with Crippen LogP contribution in [0.25, 0.3) is 10.9 Å². The number of aromatic nitrogens is 1. The van der Waals surface area contributed by atoms with Crippen LogP contribution >= 0.6 is 11.8 Å². The van der Waals surface area contributed by atoms with Gasteiger partial charge in [-0.3, -0.25) is 9.78 Å². The molecule has 0 bridgehead atoms. The summed E-state index contributed by atoms with van der Waals surface area (Å²) in [5.41, 5.74) is -0.0824. The molecule has 1 aliphatic heterocycles. The molecule has 1 aliphatic rings. The maximum Gasteiger partial charge on any atom is 0.416 e. The Morgan fingerprint density at radius 3 is 2.50 bits per heavy atom. The maximum atomic E-state index is 13.7. The predicted molar refractivity (Wildman–Crippen MR) is 134 cm³/mol. The van der Waals surface area contributed by atoms with Crippen LogP contribution in [0.4, 0.5) is 13.2 Å². The molecule has 0 N–H and O–H groups in total. The lowest BCUT2D eigenvalue weighted by Crippen LogP contribution is -2.43. The fourth-order valence-electron chi connectivity index (χ4n) is 4.30. The van der Waals surface area contributed by atoms with Gasteiger partial charge in [-0.2, -0.15) is 17.5 Å². The van der Waals surface area contributed by atoms with Crippen molar-refractivity contribution in [2.75, 3.05) is 13.1 Å². The smallest absolute Gasteiger partial charge is 0.324 e. The fraction of sp³-hybridized carbons (Fsp3) is 0.360. The van der Waals surface area contributed by atoms with Crippen LogP contribution < -0.4 is 0 Å². The number of hydrogen-bond acceptors (Lipinski definition) is 5. The molecule has 0 saturated carbocycles. The van der Waals surface area contributed by atoms with Crippen LogP contribution in [0.3, 0.4) is 0 Å². The Morgan fingerprint density at radius 2 is 1.81 bits per heavy atom. The molecule has 2 heterocycles. The predicted octanol–water partition coefficient (Wildman–Crippen LogP) is 5.32. The molecule has 2 unspecified atom stereocenters. The van der Waals surface area contributed by atoms with E-state index in [0.29, 0.717) is 16.5 Å². The second kappa shape index (κ2) is 10.0. The summed E-state index contributed by atoms with van der Waals surface area (Å²) in [7, 11) is -3.98. The van der Waals surface area contributed by atoms with Crippen LogP contribution in [-0.4, -0.2) is 52.9 Å². The van der Waals surface area contributed by atoms with E-state index in [9.17, 15) is 26.4 Å². The number of rotatable bonds is 7. The second-order valence-corrected chi connectivity index (χ2v) is 12.1. The first-order valence-electron chi connectivity index (χ1n) is 11.4. The third kappa shape index (κ3) is 5.09. The van der Waals surface area contributed by atoms with Gasteiger partial charge in [0.15, 0.2) is 0 Å². The van der Waals surface area contributed by atoms with Crippen molar-refractivity contribution in [3.05, 3.63) is 71.9 Å². The lowest BCUT2D eigenvalue weighted by atomic mass is 10.1. The van der Waals surface area contributed by atoms with E-state index in [1.807, 2.05) is 0 Å². The van der Waals surface area contributed by atoms with E-state index < -0.39 is 38.4 Å². The van der Waals surface area contributed by atoms with E-state index in [2.05, 4.69) is 4.98 Å². The number of benzene rings is 2. The second-order valence-electron chi connectivity index (χ2n) is 8.83. The summed E-state index contributed by atoms with van der Waals surface area (Å²) in [6.45, 7) is 5.20. The minimum atomic E-state index is -4.51. The van der Waals surface area contributed by atoms with Crippen molar-refractivity contribution < 1.29 is 26.4 Å². The Labute approximate surface area is 212 Å². The van der Waals surface area contributed by atoms with Gasteiger partial charge in [-0.15, -0.1) is 11.8 Å². The number of halogens is 3. The average Bonchev–Trinajstić information content (AvgIpc) is 3.11. The fourth-order valence-corrected chi connectivity index (χ4v) is 7.40. The van der Waals surface area contributed by atoms with Crippen molar-refractivity contribution in [3.63, 3.8) is 0 Å². The quantitative estimate of drug-likeness (QED) is 0.408. The Kier molecular flexibility index (Phi) is 7.36. The summed E-state index contributed by atoms with van der Waals surface area (Å²) in [6, 6.07) is 12.9. The zero-order chi connectivity index (χ0) is 26.3. The third-order valence-electron chi connectivity index (χ3n) is 6.07. The molecule has 1 fully saturated rings. The van der Waals surface area contributed by atoms with E-state index >= 15 is 0 Å². The van der Waals surface area contributed by atoms with Gasteiger partial charge in [0.1, 0.15) is 10.3 Å². The Bertz CT molecular complexity index is 1370. The molecular formula is C25H26F3N3O3S2. The first kappa shape index (κ1) is 26.4. The zero-order valence-corrected chi connectivity index (χ0v) is 21.6. The van der Waals surface area contributed by atoms with Crippen LogP contribution in [-0.2, 0) is 21.0 Å². The number of para-hydroxylation sites is 1. The highest BCUT2D eigenvalue weighted by atomic mass is 32.2. The lowest BCUT2D eigenvalue weighted by molar-refractivity contribution is -0.137. The molecule has 0 radical (unpaired) electrons. The van der Waals surface area contributed by atoms with Crippen LogP contribution in [0.5, 0.6) is 0 Å². The number of nitrogens with zero attached hydrogens (tertiary/aromatic N) is 3. The highest BCUT2D eigenvalue weighted by Crippen LogP contribution is 2.44. The summed E-state index contributed by atoms with van der Waals surface area (Å²) in [6.07, 6.45) is -2.98. The first-order valence-corrected chi connectivity index (χ1v) is 13.8. The third-order valence-corrected chi connectivity index (χ3v) is 9.57. The van der Waals surface area contributed by atoms with Gasteiger partial charge in [-0.05, 0) is 50.6 Å². The van der Waals surface area contributed by atoms with Crippen LogP contribution in [0.2, 0.25) is 0 Å². The number of alkyl halides is 3.